The summed E-state index contributed by atoms with van der Waals surface area (Å²) in [5, 5.41) is 2.76. The molecule has 0 unspecified atom stereocenters. The molecule has 0 aliphatic carbocycles. The van der Waals surface area contributed by atoms with Crippen LogP contribution in [0.15, 0.2) is 35.2 Å². The molecule has 1 saturated heterocycles. The maximum atomic E-state index is 12.0. The summed E-state index contributed by atoms with van der Waals surface area (Å²) in [4.78, 5) is 26.0. The molecule has 1 aromatic rings. The van der Waals surface area contributed by atoms with E-state index in [1.54, 1.807) is 4.90 Å². The summed E-state index contributed by atoms with van der Waals surface area (Å²) in [5.41, 5.74) is 0. The highest BCUT2D eigenvalue weighted by Gasteiger charge is 2.18. The summed E-state index contributed by atoms with van der Waals surface area (Å²) in [5.74, 6) is 0.555. The number of carbonyl (C=O) groups is 2. The first-order valence-corrected chi connectivity index (χ1v) is 6.96. The zero-order chi connectivity index (χ0) is 12.8. The highest BCUT2D eigenvalue weighted by molar-refractivity contribution is 8.00. The van der Waals surface area contributed by atoms with Gasteiger partial charge >= 0.3 is 0 Å². The van der Waals surface area contributed by atoms with E-state index in [0.717, 1.165) is 4.90 Å². The number of rotatable bonds is 3. The maximum Gasteiger partial charge on any atom is 0.233 e. The van der Waals surface area contributed by atoms with Crippen LogP contribution in [0.1, 0.15) is 6.42 Å². The van der Waals surface area contributed by atoms with Gasteiger partial charge in [-0.05, 0) is 12.1 Å². The summed E-state index contributed by atoms with van der Waals surface area (Å²) in [6, 6.07) is 9.86. The lowest BCUT2D eigenvalue weighted by Gasteiger charge is -2.19. The molecule has 18 heavy (non-hydrogen) atoms. The smallest absolute Gasteiger partial charge is 0.233 e. The second-order valence-corrected chi connectivity index (χ2v) is 5.13. The van der Waals surface area contributed by atoms with E-state index in [2.05, 4.69) is 5.32 Å². The first-order valence-electron chi connectivity index (χ1n) is 5.98. The van der Waals surface area contributed by atoms with Crippen LogP contribution < -0.4 is 5.32 Å². The Hall–Kier alpha value is -1.49. The van der Waals surface area contributed by atoms with Crippen molar-refractivity contribution in [2.75, 3.05) is 25.4 Å². The molecule has 1 aliphatic heterocycles. The summed E-state index contributed by atoms with van der Waals surface area (Å²) >= 11 is 1.53. The Morgan fingerprint density at radius 2 is 2.06 bits per heavy atom. The Morgan fingerprint density at radius 3 is 2.83 bits per heavy atom. The molecule has 1 N–H and O–H groups in total. The van der Waals surface area contributed by atoms with Gasteiger partial charge < -0.3 is 10.2 Å². The van der Waals surface area contributed by atoms with Crippen LogP contribution in [0.25, 0.3) is 0 Å². The number of hydrogen-bond donors (Lipinski definition) is 1. The number of thioether (sulfide) groups is 1. The van der Waals surface area contributed by atoms with Crippen LogP contribution in [0.4, 0.5) is 0 Å². The molecular weight excluding hydrogens is 248 g/mol. The van der Waals surface area contributed by atoms with Gasteiger partial charge in [-0.1, -0.05) is 18.2 Å². The number of carbonyl (C=O) groups excluding carboxylic acids is 2. The molecule has 2 rings (SSSR count). The lowest BCUT2D eigenvalue weighted by Crippen LogP contribution is -2.35. The van der Waals surface area contributed by atoms with Gasteiger partial charge in [-0.15, -0.1) is 11.8 Å². The monoisotopic (exact) mass is 264 g/mol. The normalized spacial score (nSPS) is 16.0. The van der Waals surface area contributed by atoms with Gasteiger partial charge in [-0.3, -0.25) is 9.59 Å². The molecule has 5 heteroatoms. The van der Waals surface area contributed by atoms with Crippen molar-refractivity contribution >= 4 is 23.6 Å². The van der Waals surface area contributed by atoms with Crippen molar-refractivity contribution in [2.45, 2.75) is 11.3 Å². The Kier molecular flexibility index (Phi) is 4.64. The molecule has 1 fully saturated rings. The first-order chi connectivity index (χ1) is 8.75. The lowest BCUT2D eigenvalue weighted by atomic mass is 10.4. The number of hydrogen-bond acceptors (Lipinski definition) is 3. The molecule has 0 bridgehead atoms. The Morgan fingerprint density at radius 1 is 1.28 bits per heavy atom. The van der Waals surface area contributed by atoms with Crippen molar-refractivity contribution < 1.29 is 9.59 Å². The van der Waals surface area contributed by atoms with Crippen LogP contribution in [0.3, 0.4) is 0 Å². The van der Waals surface area contributed by atoms with Gasteiger partial charge in [0.1, 0.15) is 0 Å². The fourth-order valence-corrected chi connectivity index (χ4v) is 2.59. The van der Waals surface area contributed by atoms with Gasteiger partial charge in [0.15, 0.2) is 0 Å². The molecule has 0 spiro atoms. The van der Waals surface area contributed by atoms with Crippen LogP contribution in [-0.4, -0.2) is 42.1 Å². The fraction of sp³-hybridized carbons (Fsp3) is 0.385. The Balaban J connectivity index is 1.82. The molecule has 0 radical (unpaired) electrons. The maximum absolute atomic E-state index is 12.0. The standard InChI is InChI=1S/C13H16N2O2S/c16-12-6-8-15(9-7-14-12)13(17)10-18-11-4-2-1-3-5-11/h1-5H,6-10H2,(H,14,16). The van der Waals surface area contributed by atoms with E-state index in [9.17, 15) is 9.59 Å². The lowest BCUT2D eigenvalue weighted by molar-refractivity contribution is -0.128. The summed E-state index contributed by atoms with van der Waals surface area (Å²) in [6.07, 6.45) is 0.405. The average molecular weight is 264 g/mol. The minimum absolute atomic E-state index is 0.0287. The van der Waals surface area contributed by atoms with Gasteiger partial charge in [0.2, 0.25) is 11.8 Å². The van der Waals surface area contributed by atoms with E-state index in [4.69, 9.17) is 0 Å². The molecule has 1 heterocycles. The molecule has 0 aromatic heterocycles. The van der Waals surface area contributed by atoms with Gasteiger partial charge in [-0.2, -0.15) is 0 Å². The van der Waals surface area contributed by atoms with Crippen LogP contribution in [0, 0.1) is 0 Å². The molecule has 96 valence electrons. The number of nitrogens with one attached hydrogen (secondary N) is 1. The highest BCUT2D eigenvalue weighted by atomic mass is 32.2. The van der Waals surface area contributed by atoms with Crippen LogP contribution in [-0.2, 0) is 9.59 Å². The summed E-state index contributed by atoms with van der Waals surface area (Å²) in [7, 11) is 0. The fourth-order valence-electron chi connectivity index (χ4n) is 1.77. The van der Waals surface area contributed by atoms with Crippen molar-refractivity contribution in [1.29, 1.82) is 0 Å². The van der Waals surface area contributed by atoms with E-state index < -0.39 is 0 Å². The minimum atomic E-state index is 0.0287. The highest BCUT2D eigenvalue weighted by Crippen LogP contribution is 2.17. The molecule has 1 aliphatic rings. The second-order valence-electron chi connectivity index (χ2n) is 4.08. The van der Waals surface area contributed by atoms with E-state index in [1.165, 1.54) is 11.8 Å². The third-order valence-corrected chi connectivity index (χ3v) is 3.77. The van der Waals surface area contributed by atoms with Crippen molar-refractivity contribution in [2.24, 2.45) is 0 Å². The largest absolute Gasteiger partial charge is 0.354 e. The van der Waals surface area contributed by atoms with Crippen LogP contribution in [0.5, 0.6) is 0 Å². The van der Waals surface area contributed by atoms with Crippen LogP contribution in [0.2, 0.25) is 0 Å². The second kappa shape index (κ2) is 6.44. The van der Waals surface area contributed by atoms with Crippen molar-refractivity contribution in [3.63, 3.8) is 0 Å². The first kappa shape index (κ1) is 13.0. The topological polar surface area (TPSA) is 49.4 Å². The van der Waals surface area contributed by atoms with Gasteiger partial charge in [0.25, 0.3) is 0 Å². The van der Waals surface area contributed by atoms with E-state index in [-0.39, 0.29) is 11.8 Å². The predicted molar refractivity (Wildman–Crippen MR) is 71.4 cm³/mol. The number of benzene rings is 1. The molecule has 0 saturated carbocycles. The SMILES string of the molecule is O=C1CCN(C(=O)CSc2ccccc2)CCN1. The zero-order valence-electron chi connectivity index (χ0n) is 10.1. The van der Waals surface area contributed by atoms with E-state index >= 15 is 0 Å². The molecular formula is C13H16N2O2S. The predicted octanol–water partition coefficient (Wildman–Crippen LogP) is 1.13. The third kappa shape index (κ3) is 3.77. The molecule has 2 amide bonds. The number of nitrogens with zero attached hydrogens (tertiary/aromatic N) is 1. The molecule has 0 atom stereocenters. The average Bonchev–Trinajstić information content (AvgIpc) is 2.62. The number of amides is 2. The van der Waals surface area contributed by atoms with Gasteiger partial charge in [0.05, 0.1) is 5.75 Å². The van der Waals surface area contributed by atoms with Crippen molar-refractivity contribution in [1.82, 2.24) is 10.2 Å². The van der Waals surface area contributed by atoms with Gasteiger partial charge in [-0.25, -0.2) is 0 Å². The summed E-state index contributed by atoms with van der Waals surface area (Å²) < 4.78 is 0. The minimum Gasteiger partial charge on any atom is -0.354 e. The Bertz CT molecular complexity index is 422. The molecule has 1 aromatic carbocycles. The van der Waals surface area contributed by atoms with E-state index in [0.29, 0.717) is 31.8 Å². The van der Waals surface area contributed by atoms with Crippen LogP contribution >= 0.6 is 11.8 Å². The molecule has 4 nitrogen and oxygen atoms in total. The Labute approximate surface area is 111 Å². The zero-order valence-corrected chi connectivity index (χ0v) is 10.9. The van der Waals surface area contributed by atoms with E-state index in [1.807, 2.05) is 30.3 Å². The van der Waals surface area contributed by atoms with Crippen molar-refractivity contribution in [3.05, 3.63) is 30.3 Å². The van der Waals surface area contributed by atoms with Gasteiger partial charge in [0, 0.05) is 31.0 Å². The quantitative estimate of drug-likeness (QED) is 0.833. The summed E-state index contributed by atoms with van der Waals surface area (Å²) in [6.45, 7) is 1.69. The third-order valence-electron chi connectivity index (χ3n) is 2.77. The van der Waals surface area contributed by atoms with Crippen molar-refractivity contribution in [3.8, 4) is 0 Å².